The number of ether oxygens (including phenoxy) is 1. The van der Waals surface area contributed by atoms with Gasteiger partial charge in [0.15, 0.2) is 11.8 Å². The van der Waals surface area contributed by atoms with Crippen molar-refractivity contribution in [3.05, 3.63) is 54.7 Å². The number of pyridine rings is 1. The first kappa shape index (κ1) is 24.6. The largest absolute Gasteiger partial charge is 0.414 e. The van der Waals surface area contributed by atoms with Gasteiger partial charge in [0.25, 0.3) is 0 Å². The predicted octanol–water partition coefficient (Wildman–Crippen LogP) is 5.15. The number of amides is 1. The maximum Gasteiger partial charge on any atom is 0.414 e. The minimum atomic E-state index is -4.42. The Labute approximate surface area is 209 Å². The van der Waals surface area contributed by atoms with Crippen LogP contribution in [-0.4, -0.2) is 49.7 Å². The van der Waals surface area contributed by atoms with Gasteiger partial charge in [-0.05, 0) is 55.5 Å². The third-order valence-corrected chi connectivity index (χ3v) is 6.29. The van der Waals surface area contributed by atoms with Crippen LogP contribution in [-0.2, 0) is 9.53 Å². The van der Waals surface area contributed by atoms with Crippen LogP contribution < -0.4 is 10.6 Å². The number of anilines is 3. The Bertz CT molecular complexity index is 1420. The van der Waals surface area contributed by atoms with Crippen molar-refractivity contribution >= 4 is 34.3 Å². The van der Waals surface area contributed by atoms with E-state index in [9.17, 15) is 18.0 Å². The zero-order valence-electron chi connectivity index (χ0n) is 19.8. The van der Waals surface area contributed by atoms with Crippen LogP contribution in [0, 0.1) is 12.8 Å². The van der Waals surface area contributed by atoms with Gasteiger partial charge in [-0.1, -0.05) is 6.07 Å². The van der Waals surface area contributed by atoms with Gasteiger partial charge in [0.1, 0.15) is 23.4 Å². The van der Waals surface area contributed by atoms with E-state index in [1.165, 1.54) is 6.33 Å². The monoisotopic (exact) mass is 511 g/mol. The predicted molar refractivity (Wildman–Crippen MR) is 131 cm³/mol. The molecule has 37 heavy (non-hydrogen) atoms. The quantitative estimate of drug-likeness (QED) is 0.328. The first-order valence-electron chi connectivity index (χ1n) is 11.7. The van der Waals surface area contributed by atoms with Crippen LogP contribution in [0.25, 0.3) is 22.4 Å². The number of aryl methyl sites for hydroxylation is 1. The van der Waals surface area contributed by atoms with Crippen LogP contribution >= 0.6 is 0 Å². The minimum Gasteiger partial charge on any atom is -0.369 e. The molecular formula is C25H24F3N7O2. The van der Waals surface area contributed by atoms with Gasteiger partial charge in [-0.25, -0.2) is 19.9 Å². The van der Waals surface area contributed by atoms with Crippen molar-refractivity contribution in [2.24, 2.45) is 5.92 Å². The van der Waals surface area contributed by atoms with E-state index in [-0.39, 0.29) is 25.4 Å². The number of hydrogen-bond acceptors (Lipinski definition) is 7. The number of aromatic amines is 1. The lowest BCUT2D eigenvalue weighted by molar-refractivity contribution is -0.235. The van der Waals surface area contributed by atoms with Crippen molar-refractivity contribution in [1.29, 1.82) is 0 Å². The fourth-order valence-electron chi connectivity index (χ4n) is 4.37. The molecule has 3 aromatic heterocycles. The maximum atomic E-state index is 13.0. The Hall–Kier alpha value is -4.06. The lowest BCUT2D eigenvalue weighted by Gasteiger charge is -2.30. The van der Waals surface area contributed by atoms with E-state index in [1.807, 2.05) is 19.1 Å². The van der Waals surface area contributed by atoms with E-state index in [0.717, 1.165) is 11.1 Å². The van der Waals surface area contributed by atoms with E-state index < -0.39 is 18.2 Å². The zero-order valence-corrected chi connectivity index (χ0v) is 19.8. The number of halogens is 3. The van der Waals surface area contributed by atoms with E-state index in [0.29, 0.717) is 40.5 Å². The number of nitrogens with one attached hydrogen (secondary N) is 3. The molecule has 12 heteroatoms. The number of carbonyl (C=O) groups is 1. The molecule has 1 aromatic carbocycles. The normalized spacial score (nSPS) is 18.1. The number of carbonyl (C=O) groups excluding carboxylic acids is 1. The van der Waals surface area contributed by atoms with Crippen LogP contribution in [0.3, 0.4) is 0 Å². The van der Waals surface area contributed by atoms with Crippen LogP contribution in [0.4, 0.5) is 30.4 Å². The first-order valence-corrected chi connectivity index (χ1v) is 11.7. The fraction of sp³-hybridized carbons (Fsp3) is 0.320. The second-order valence-corrected chi connectivity index (χ2v) is 8.92. The summed E-state index contributed by atoms with van der Waals surface area (Å²) in [6.07, 6.45) is -1.41. The molecule has 4 heterocycles. The molecular weight excluding hydrogens is 487 g/mol. The summed E-state index contributed by atoms with van der Waals surface area (Å²) >= 11 is 0. The highest BCUT2D eigenvalue weighted by Gasteiger charge is 2.43. The lowest BCUT2D eigenvalue weighted by Crippen LogP contribution is -2.38. The number of H-pyrrole nitrogens is 1. The number of hydrogen-bond donors (Lipinski definition) is 3. The summed E-state index contributed by atoms with van der Waals surface area (Å²) in [5.74, 6) is -0.202. The van der Waals surface area contributed by atoms with Crippen LogP contribution in [0.2, 0.25) is 0 Å². The number of aromatic nitrogens is 5. The van der Waals surface area contributed by atoms with Crippen LogP contribution in [0.5, 0.6) is 0 Å². The molecule has 1 aliphatic rings. The molecule has 0 unspecified atom stereocenters. The van der Waals surface area contributed by atoms with E-state index in [2.05, 4.69) is 35.6 Å². The summed E-state index contributed by atoms with van der Waals surface area (Å²) in [5, 5.41) is 6.12. The topological polar surface area (TPSA) is 118 Å². The third-order valence-electron chi connectivity index (χ3n) is 6.29. The summed E-state index contributed by atoms with van der Waals surface area (Å²) in [4.78, 5) is 33.0. The summed E-state index contributed by atoms with van der Waals surface area (Å²) in [7, 11) is 0. The average Bonchev–Trinajstić information content (AvgIpc) is 3.35. The van der Waals surface area contributed by atoms with Crippen molar-refractivity contribution < 1.29 is 22.7 Å². The van der Waals surface area contributed by atoms with Gasteiger partial charge in [0.05, 0.1) is 6.33 Å². The summed E-state index contributed by atoms with van der Waals surface area (Å²) in [6.45, 7) is 1.90. The summed E-state index contributed by atoms with van der Waals surface area (Å²) in [6, 6.07) is 9.01. The lowest BCUT2D eigenvalue weighted by atomic mass is 9.92. The molecule has 4 aromatic rings. The second-order valence-electron chi connectivity index (χ2n) is 8.92. The number of fused-ring (bicyclic) bond motifs is 1. The molecule has 0 saturated carbocycles. The van der Waals surface area contributed by atoms with E-state index >= 15 is 0 Å². The Kier molecular flexibility index (Phi) is 6.74. The number of imidazole rings is 1. The van der Waals surface area contributed by atoms with E-state index in [4.69, 9.17) is 4.74 Å². The van der Waals surface area contributed by atoms with E-state index in [1.54, 1.807) is 30.7 Å². The van der Waals surface area contributed by atoms with Gasteiger partial charge < -0.3 is 20.4 Å². The molecule has 9 nitrogen and oxygen atoms in total. The Morgan fingerprint density at radius 3 is 2.89 bits per heavy atom. The van der Waals surface area contributed by atoms with Crippen molar-refractivity contribution in [2.75, 3.05) is 17.2 Å². The number of nitrogens with zero attached hydrogens (tertiary/aromatic N) is 4. The molecule has 0 spiro atoms. The standard InChI is InChI=1S/C25H24F3N7O2/c1-14-4-5-16(34-20(36)10-15-6-8-37-19(9-15)25(26,27)28)11-18(14)35-23-17(3-2-7-29-23)21-22-24(32-12-30-21)33-13-31-22/h2-5,7,11-13,15,19H,6,8-10H2,1H3,(H,29,35)(H,34,36)(H,30,31,32,33)/t15-,19-/m1/s1. The number of rotatable bonds is 6. The molecule has 1 fully saturated rings. The molecule has 5 rings (SSSR count). The summed E-state index contributed by atoms with van der Waals surface area (Å²) < 4.78 is 43.9. The molecule has 0 radical (unpaired) electrons. The van der Waals surface area contributed by atoms with Gasteiger partial charge in [0, 0.05) is 36.2 Å². The Morgan fingerprint density at radius 1 is 1.19 bits per heavy atom. The highest BCUT2D eigenvalue weighted by molar-refractivity contribution is 5.93. The number of alkyl halides is 3. The molecule has 1 aliphatic heterocycles. The van der Waals surface area contributed by atoms with Gasteiger partial charge in [-0.15, -0.1) is 0 Å². The molecule has 3 N–H and O–H groups in total. The SMILES string of the molecule is Cc1ccc(NC(=O)C[C@@H]2CCO[C@@H](C(F)(F)F)C2)cc1Nc1ncccc1-c1ncnc2[nH]cnc12. The van der Waals surface area contributed by atoms with Crippen LogP contribution in [0.15, 0.2) is 49.2 Å². The molecule has 0 aliphatic carbocycles. The van der Waals surface area contributed by atoms with Crippen molar-refractivity contribution in [3.63, 3.8) is 0 Å². The van der Waals surface area contributed by atoms with Gasteiger partial charge in [0.2, 0.25) is 5.91 Å². The molecule has 0 bridgehead atoms. The minimum absolute atomic E-state index is 0.00958. The number of benzene rings is 1. The van der Waals surface area contributed by atoms with Crippen molar-refractivity contribution in [3.8, 4) is 11.3 Å². The first-order chi connectivity index (χ1) is 17.8. The fourth-order valence-corrected chi connectivity index (χ4v) is 4.37. The Balaban J connectivity index is 1.32. The molecule has 192 valence electrons. The summed E-state index contributed by atoms with van der Waals surface area (Å²) in [5.41, 5.74) is 4.66. The van der Waals surface area contributed by atoms with Crippen molar-refractivity contribution in [2.45, 2.75) is 38.5 Å². The van der Waals surface area contributed by atoms with Gasteiger partial charge in [-0.2, -0.15) is 13.2 Å². The highest BCUT2D eigenvalue weighted by atomic mass is 19.4. The van der Waals surface area contributed by atoms with Crippen LogP contribution in [0.1, 0.15) is 24.8 Å². The average molecular weight is 512 g/mol. The second kappa shape index (κ2) is 10.1. The molecule has 1 saturated heterocycles. The van der Waals surface area contributed by atoms with Crippen molar-refractivity contribution in [1.82, 2.24) is 24.9 Å². The third kappa shape index (κ3) is 5.53. The Morgan fingerprint density at radius 2 is 2.05 bits per heavy atom. The van der Waals surface area contributed by atoms with Gasteiger partial charge in [-0.3, -0.25) is 4.79 Å². The highest BCUT2D eigenvalue weighted by Crippen LogP contribution is 2.35. The molecule has 2 atom stereocenters. The molecule has 1 amide bonds. The van der Waals surface area contributed by atoms with Gasteiger partial charge >= 0.3 is 6.18 Å². The smallest absolute Gasteiger partial charge is 0.369 e. The zero-order chi connectivity index (χ0) is 26.0. The maximum absolute atomic E-state index is 13.0.